The first-order chi connectivity index (χ1) is 10.2. The van der Waals surface area contributed by atoms with E-state index in [4.69, 9.17) is 26.6 Å². The predicted octanol–water partition coefficient (Wildman–Crippen LogP) is 3.65. The molecule has 2 N–H and O–H groups in total. The van der Waals surface area contributed by atoms with Crippen LogP contribution >= 0.6 is 11.6 Å². The maximum absolute atomic E-state index is 5.98. The zero-order valence-electron chi connectivity index (χ0n) is 11.2. The van der Waals surface area contributed by atoms with E-state index in [1.165, 1.54) is 0 Å². The van der Waals surface area contributed by atoms with E-state index in [2.05, 4.69) is 10.1 Å². The number of halogens is 1. The Labute approximate surface area is 126 Å². The molecule has 0 fully saturated rings. The summed E-state index contributed by atoms with van der Waals surface area (Å²) < 4.78 is 10.5. The fourth-order valence-electron chi connectivity index (χ4n) is 2.11. The number of methoxy groups -OCH3 is 1. The summed E-state index contributed by atoms with van der Waals surface area (Å²) in [7, 11) is 1.57. The number of benzene rings is 1. The summed E-state index contributed by atoms with van der Waals surface area (Å²) in [6, 6.07) is 10.8. The molecule has 0 aliphatic rings. The lowest BCUT2D eigenvalue weighted by atomic mass is 10.0. The molecule has 2 aromatic heterocycles. The summed E-state index contributed by atoms with van der Waals surface area (Å²) >= 11 is 5.98. The van der Waals surface area contributed by atoms with Crippen molar-refractivity contribution in [2.24, 2.45) is 0 Å². The number of nitrogens with two attached hydrogens (primary N) is 1. The lowest BCUT2D eigenvalue weighted by Gasteiger charge is -2.08. The summed E-state index contributed by atoms with van der Waals surface area (Å²) in [4.78, 5) is 4.29. The van der Waals surface area contributed by atoms with Gasteiger partial charge in [-0.3, -0.25) is 4.98 Å². The molecule has 106 valence electrons. The normalized spacial score (nSPS) is 10.6. The highest BCUT2D eigenvalue weighted by Crippen LogP contribution is 2.39. The molecule has 0 saturated carbocycles. The number of nitrogens with zero attached hydrogens (tertiary/aromatic N) is 2. The molecule has 1 aromatic carbocycles. The molecule has 2 heterocycles. The highest BCUT2D eigenvalue weighted by atomic mass is 35.5. The van der Waals surface area contributed by atoms with Gasteiger partial charge < -0.3 is 15.0 Å². The van der Waals surface area contributed by atoms with Crippen LogP contribution in [0.4, 0.5) is 5.88 Å². The van der Waals surface area contributed by atoms with Gasteiger partial charge in [-0.25, -0.2) is 0 Å². The fourth-order valence-corrected chi connectivity index (χ4v) is 2.27. The van der Waals surface area contributed by atoms with Crippen molar-refractivity contribution in [3.05, 3.63) is 47.6 Å². The average molecular weight is 302 g/mol. The number of nitrogen functional groups attached to an aromatic ring is 1. The maximum Gasteiger partial charge on any atom is 0.232 e. The molecule has 0 unspecified atom stereocenters. The lowest BCUT2D eigenvalue weighted by Crippen LogP contribution is -1.92. The van der Waals surface area contributed by atoms with Crippen molar-refractivity contribution < 1.29 is 9.26 Å². The zero-order valence-corrected chi connectivity index (χ0v) is 12.0. The van der Waals surface area contributed by atoms with Crippen LogP contribution in [-0.4, -0.2) is 17.3 Å². The highest BCUT2D eigenvalue weighted by Gasteiger charge is 2.21. The highest BCUT2D eigenvalue weighted by molar-refractivity contribution is 6.30. The molecule has 21 heavy (non-hydrogen) atoms. The maximum atomic E-state index is 5.98. The number of ether oxygens (including phenoxy) is 1. The van der Waals surface area contributed by atoms with Crippen molar-refractivity contribution in [3.8, 4) is 28.3 Å². The van der Waals surface area contributed by atoms with Gasteiger partial charge in [-0.15, -0.1) is 0 Å². The molecule has 0 bridgehead atoms. The quantitative estimate of drug-likeness (QED) is 0.799. The molecule has 6 heteroatoms. The van der Waals surface area contributed by atoms with E-state index < -0.39 is 0 Å². The van der Waals surface area contributed by atoms with Crippen LogP contribution < -0.4 is 10.5 Å². The smallest absolute Gasteiger partial charge is 0.232 e. The Kier molecular flexibility index (Phi) is 3.50. The second kappa shape index (κ2) is 5.46. The summed E-state index contributed by atoms with van der Waals surface area (Å²) in [5.41, 5.74) is 8.52. The summed E-state index contributed by atoms with van der Waals surface area (Å²) in [6.45, 7) is 0. The van der Waals surface area contributed by atoms with Gasteiger partial charge in [-0.2, -0.15) is 0 Å². The van der Waals surface area contributed by atoms with Gasteiger partial charge in [0, 0.05) is 16.8 Å². The van der Waals surface area contributed by atoms with E-state index in [0.717, 1.165) is 5.56 Å². The van der Waals surface area contributed by atoms with Crippen LogP contribution in [0.2, 0.25) is 5.02 Å². The van der Waals surface area contributed by atoms with Crippen molar-refractivity contribution in [2.75, 3.05) is 12.8 Å². The van der Waals surface area contributed by atoms with Crippen LogP contribution in [0.3, 0.4) is 0 Å². The van der Waals surface area contributed by atoms with E-state index in [9.17, 15) is 0 Å². The van der Waals surface area contributed by atoms with Crippen LogP contribution in [0.15, 0.2) is 47.1 Å². The van der Waals surface area contributed by atoms with Crippen molar-refractivity contribution in [3.63, 3.8) is 0 Å². The monoisotopic (exact) mass is 301 g/mol. The van der Waals surface area contributed by atoms with Crippen molar-refractivity contribution in [1.29, 1.82) is 0 Å². The Bertz CT molecular complexity index is 772. The molecule has 0 spiro atoms. The van der Waals surface area contributed by atoms with Gasteiger partial charge in [-0.1, -0.05) is 22.8 Å². The summed E-state index contributed by atoms with van der Waals surface area (Å²) in [6.07, 6.45) is 1.69. The van der Waals surface area contributed by atoms with Gasteiger partial charge in [-0.05, 0) is 30.3 Å². The number of pyridine rings is 1. The van der Waals surface area contributed by atoms with Crippen LogP contribution in [-0.2, 0) is 0 Å². The van der Waals surface area contributed by atoms with Crippen LogP contribution in [0.1, 0.15) is 0 Å². The first-order valence-corrected chi connectivity index (χ1v) is 6.59. The van der Waals surface area contributed by atoms with Gasteiger partial charge >= 0.3 is 0 Å². The average Bonchev–Trinajstić information content (AvgIpc) is 2.89. The van der Waals surface area contributed by atoms with E-state index in [1.54, 1.807) is 25.4 Å². The third kappa shape index (κ3) is 2.43. The summed E-state index contributed by atoms with van der Waals surface area (Å²) in [5.74, 6) is 0.800. The molecule has 0 radical (unpaired) electrons. The van der Waals surface area contributed by atoms with Crippen molar-refractivity contribution >= 4 is 17.5 Å². The van der Waals surface area contributed by atoms with E-state index in [1.807, 2.05) is 24.3 Å². The second-order valence-electron chi connectivity index (χ2n) is 4.33. The minimum absolute atomic E-state index is 0.209. The van der Waals surface area contributed by atoms with Gasteiger partial charge in [0.25, 0.3) is 0 Å². The Hall–Kier alpha value is -2.53. The third-order valence-electron chi connectivity index (χ3n) is 3.06. The molecule has 0 saturated heterocycles. The van der Waals surface area contributed by atoms with Gasteiger partial charge in [0.15, 0.2) is 0 Å². The number of anilines is 1. The number of hydrogen-bond acceptors (Lipinski definition) is 5. The van der Waals surface area contributed by atoms with E-state index in [-0.39, 0.29) is 5.88 Å². The lowest BCUT2D eigenvalue weighted by molar-refractivity contribution is 0.414. The minimum Gasteiger partial charge on any atom is -0.496 e. The second-order valence-corrected chi connectivity index (χ2v) is 4.77. The summed E-state index contributed by atoms with van der Waals surface area (Å²) in [5, 5.41) is 4.61. The van der Waals surface area contributed by atoms with Gasteiger partial charge in [0.2, 0.25) is 5.88 Å². The Morgan fingerprint density at radius 1 is 1.24 bits per heavy atom. The standard InChI is InChI=1S/C15H12ClN3O2/c1-20-12-8-9(16)5-6-10(12)14-13(15(17)21-19-14)11-4-2-3-7-18-11/h2-8H,17H2,1H3. The SMILES string of the molecule is COc1cc(Cl)ccc1-c1noc(N)c1-c1ccccn1. The largest absolute Gasteiger partial charge is 0.496 e. The number of aromatic nitrogens is 2. The minimum atomic E-state index is 0.209. The van der Waals surface area contributed by atoms with Crippen LogP contribution in [0, 0.1) is 0 Å². The third-order valence-corrected chi connectivity index (χ3v) is 3.29. The molecule has 0 amide bonds. The van der Waals surface area contributed by atoms with E-state index >= 15 is 0 Å². The molecule has 3 rings (SSSR count). The number of rotatable bonds is 3. The van der Waals surface area contributed by atoms with Crippen LogP contribution in [0.5, 0.6) is 5.75 Å². The molecule has 0 atom stereocenters. The Morgan fingerprint density at radius 2 is 2.10 bits per heavy atom. The molecule has 3 aromatic rings. The first-order valence-electron chi connectivity index (χ1n) is 6.21. The topological polar surface area (TPSA) is 74.2 Å². The first kappa shape index (κ1) is 13.5. The molecule has 5 nitrogen and oxygen atoms in total. The Morgan fingerprint density at radius 3 is 2.81 bits per heavy atom. The Balaban J connectivity index is 2.21. The van der Waals surface area contributed by atoms with Crippen molar-refractivity contribution in [2.45, 2.75) is 0 Å². The molecule has 0 aliphatic heterocycles. The van der Waals surface area contributed by atoms with Crippen molar-refractivity contribution in [1.82, 2.24) is 10.1 Å². The van der Waals surface area contributed by atoms with E-state index in [0.29, 0.717) is 27.7 Å². The van der Waals surface area contributed by atoms with Gasteiger partial charge in [0.05, 0.1) is 18.4 Å². The fraction of sp³-hybridized carbons (Fsp3) is 0.0667. The molecular weight excluding hydrogens is 290 g/mol. The van der Waals surface area contributed by atoms with Gasteiger partial charge in [0.1, 0.15) is 11.4 Å². The van der Waals surface area contributed by atoms with Crippen LogP contribution in [0.25, 0.3) is 22.5 Å². The molecular formula is C15H12ClN3O2. The predicted molar refractivity (Wildman–Crippen MR) is 81.1 cm³/mol. The number of hydrogen-bond donors (Lipinski definition) is 1. The molecule has 0 aliphatic carbocycles. The zero-order chi connectivity index (χ0) is 14.8.